The van der Waals surface area contributed by atoms with E-state index in [0.717, 1.165) is 16.7 Å². The highest BCUT2D eigenvalue weighted by atomic mass is 32.2. The number of nitrogens with zero attached hydrogens (tertiary/aromatic N) is 2. The van der Waals surface area contributed by atoms with Gasteiger partial charge in [-0.3, -0.25) is 13.9 Å². The molecule has 0 aliphatic rings. The van der Waals surface area contributed by atoms with Gasteiger partial charge < -0.3 is 15.0 Å². The minimum absolute atomic E-state index is 0.0567. The highest BCUT2D eigenvalue weighted by Crippen LogP contribution is 2.25. The molecule has 0 fully saturated rings. The van der Waals surface area contributed by atoms with Gasteiger partial charge in [-0.25, -0.2) is 8.42 Å². The number of hydrogen-bond acceptors (Lipinski definition) is 5. The molecule has 2 rings (SSSR count). The quantitative estimate of drug-likeness (QED) is 0.462. The van der Waals surface area contributed by atoms with Crippen molar-refractivity contribution in [2.75, 3.05) is 24.2 Å². The molecular weight excluding hydrogens is 478 g/mol. The number of hydrogen-bond donors (Lipinski definition) is 1. The number of aryl methyl sites for hydroxylation is 2. The molecule has 2 amide bonds. The standard InChI is InChI=1S/C27H39N3O5S/c1-19(2)28-27(32)22(5)29(18-23-12-14-24(35-6)15-13-23)26(31)9-8-16-30(36(7,33)34)25-17-20(3)10-11-21(25)4/h10-15,17,19,22H,8-9,16,18H2,1-7H3,(H,28,32). The first-order chi connectivity index (χ1) is 16.8. The van der Waals surface area contributed by atoms with Gasteiger partial charge in [0.25, 0.3) is 0 Å². The molecule has 36 heavy (non-hydrogen) atoms. The molecule has 0 bridgehead atoms. The van der Waals surface area contributed by atoms with E-state index < -0.39 is 16.1 Å². The lowest BCUT2D eigenvalue weighted by Crippen LogP contribution is -2.49. The predicted octanol–water partition coefficient (Wildman–Crippen LogP) is 3.80. The SMILES string of the molecule is COc1ccc(CN(C(=O)CCCN(c2cc(C)ccc2C)S(C)(=O)=O)C(C)C(=O)NC(C)C)cc1. The fourth-order valence-corrected chi connectivity index (χ4v) is 4.90. The van der Waals surface area contributed by atoms with E-state index >= 15 is 0 Å². The summed E-state index contributed by atoms with van der Waals surface area (Å²) in [6.07, 6.45) is 1.59. The number of anilines is 1. The van der Waals surface area contributed by atoms with Crippen molar-refractivity contribution in [2.24, 2.45) is 0 Å². The Bertz CT molecular complexity index is 1150. The lowest BCUT2D eigenvalue weighted by molar-refractivity contribution is -0.140. The minimum Gasteiger partial charge on any atom is -0.497 e. The monoisotopic (exact) mass is 517 g/mol. The van der Waals surface area contributed by atoms with Crippen molar-refractivity contribution in [2.45, 2.75) is 66.1 Å². The van der Waals surface area contributed by atoms with Gasteiger partial charge in [0.2, 0.25) is 21.8 Å². The fourth-order valence-electron chi connectivity index (χ4n) is 3.89. The van der Waals surface area contributed by atoms with Crippen LogP contribution in [-0.4, -0.2) is 57.1 Å². The van der Waals surface area contributed by atoms with Crippen molar-refractivity contribution >= 4 is 27.5 Å². The van der Waals surface area contributed by atoms with Crippen LogP contribution in [0.1, 0.15) is 50.3 Å². The van der Waals surface area contributed by atoms with E-state index in [-0.39, 0.29) is 37.4 Å². The Hall–Kier alpha value is -3.07. The first-order valence-corrected chi connectivity index (χ1v) is 14.0. The van der Waals surface area contributed by atoms with Crippen molar-refractivity contribution in [1.29, 1.82) is 0 Å². The van der Waals surface area contributed by atoms with Crippen LogP contribution in [0.2, 0.25) is 0 Å². The molecule has 1 N–H and O–H groups in total. The number of methoxy groups -OCH3 is 1. The highest BCUT2D eigenvalue weighted by molar-refractivity contribution is 7.92. The Morgan fingerprint density at radius 1 is 1.03 bits per heavy atom. The number of amides is 2. The molecule has 0 aliphatic heterocycles. The third-order valence-electron chi connectivity index (χ3n) is 5.90. The summed E-state index contributed by atoms with van der Waals surface area (Å²) in [5.74, 6) is 0.251. The molecule has 2 aromatic carbocycles. The molecule has 8 nitrogen and oxygen atoms in total. The van der Waals surface area contributed by atoms with Gasteiger partial charge in [0, 0.05) is 25.6 Å². The Labute approximate surface area is 215 Å². The summed E-state index contributed by atoms with van der Waals surface area (Å²) in [6.45, 7) is 9.63. The van der Waals surface area contributed by atoms with E-state index in [4.69, 9.17) is 4.74 Å². The second kappa shape index (κ2) is 12.8. The predicted molar refractivity (Wildman–Crippen MR) is 144 cm³/mol. The number of benzene rings is 2. The molecule has 0 spiro atoms. The van der Waals surface area contributed by atoms with Crippen LogP contribution in [0.4, 0.5) is 5.69 Å². The van der Waals surface area contributed by atoms with Gasteiger partial charge in [0.1, 0.15) is 11.8 Å². The van der Waals surface area contributed by atoms with Gasteiger partial charge in [-0.1, -0.05) is 24.3 Å². The van der Waals surface area contributed by atoms with Gasteiger partial charge in [-0.2, -0.15) is 0 Å². The molecule has 198 valence electrons. The topological polar surface area (TPSA) is 96.0 Å². The normalized spacial score (nSPS) is 12.2. The number of carbonyl (C=O) groups excluding carboxylic acids is 2. The molecule has 0 saturated carbocycles. The van der Waals surface area contributed by atoms with Crippen molar-refractivity contribution in [1.82, 2.24) is 10.2 Å². The summed E-state index contributed by atoms with van der Waals surface area (Å²) in [7, 11) is -1.96. The van der Waals surface area contributed by atoms with Crippen LogP contribution in [-0.2, 0) is 26.2 Å². The lowest BCUT2D eigenvalue weighted by atomic mass is 10.1. The largest absolute Gasteiger partial charge is 0.497 e. The third kappa shape index (κ3) is 8.26. The minimum atomic E-state index is -3.54. The van der Waals surface area contributed by atoms with E-state index in [0.29, 0.717) is 17.9 Å². The zero-order valence-electron chi connectivity index (χ0n) is 22.4. The first-order valence-electron chi connectivity index (χ1n) is 12.1. The van der Waals surface area contributed by atoms with Gasteiger partial charge in [0.05, 0.1) is 19.1 Å². The second-order valence-electron chi connectivity index (χ2n) is 9.44. The van der Waals surface area contributed by atoms with Crippen LogP contribution in [0, 0.1) is 13.8 Å². The molecule has 9 heteroatoms. The van der Waals surface area contributed by atoms with Crippen LogP contribution in [0.5, 0.6) is 5.75 Å². The Morgan fingerprint density at radius 2 is 1.67 bits per heavy atom. The van der Waals surface area contributed by atoms with E-state index in [1.54, 1.807) is 18.9 Å². The van der Waals surface area contributed by atoms with E-state index in [1.165, 1.54) is 10.6 Å². The summed E-state index contributed by atoms with van der Waals surface area (Å²) in [5, 5.41) is 2.87. The third-order valence-corrected chi connectivity index (χ3v) is 7.08. The second-order valence-corrected chi connectivity index (χ2v) is 11.3. The number of ether oxygens (including phenoxy) is 1. The van der Waals surface area contributed by atoms with Crippen LogP contribution in [0.25, 0.3) is 0 Å². The van der Waals surface area contributed by atoms with Crippen molar-refractivity contribution < 1.29 is 22.7 Å². The Kier molecular flexibility index (Phi) is 10.3. The van der Waals surface area contributed by atoms with Crippen LogP contribution in [0.3, 0.4) is 0 Å². The van der Waals surface area contributed by atoms with Crippen LogP contribution < -0.4 is 14.4 Å². The molecule has 0 aromatic heterocycles. The first kappa shape index (κ1) is 29.2. The fraction of sp³-hybridized carbons (Fsp3) is 0.481. The van der Waals surface area contributed by atoms with Crippen LogP contribution >= 0.6 is 0 Å². The van der Waals surface area contributed by atoms with Crippen molar-refractivity contribution in [3.63, 3.8) is 0 Å². The molecule has 0 aliphatic carbocycles. The smallest absolute Gasteiger partial charge is 0.242 e. The van der Waals surface area contributed by atoms with E-state index in [9.17, 15) is 18.0 Å². The maximum atomic E-state index is 13.3. The molecule has 1 unspecified atom stereocenters. The summed E-state index contributed by atoms with van der Waals surface area (Å²) in [5.41, 5.74) is 3.28. The molecule has 0 heterocycles. The summed E-state index contributed by atoms with van der Waals surface area (Å²) >= 11 is 0. The van der Waals surface area contributed by atoms with Gasteiger partial charge >= 0.3 is 0 Å². The molecular formula is C27H39N3O5S. The highest BCUT2D eigenvalue weighted by Gasteiger charge is 2.27. The number of carbonyl (C=O) groups is 2. The number of sulfonamides is 1. The molecule has 0 saturated heterocycles. The molecule has 1 atom stereocenters. The van der Waals surface area contributed by atoms with Crippen LogP contribution in [0.15, 0.2) is 42.5 Å². The summed E-state index contributed by atoms with van der Waals surface area (Å²) < 4.78 is 31.7. The Morgan fingerprint density at radius 3 is 2.22 bits per heavy atom. The van der Waals surface area contributed by atoms with Gasteiger partial charge in [-0.15, -0.1) is 0 Å². The van der Waals surface area contributed by atoms with Crippen molar-refractivity contribution in [3.8, 4) is 5.75 Å². The summed E-state index contributed by atoms with van der Waals surface area (Å²) in [6, 6.07) is 12.3. The number of rotatable bonds is 12. The van der Waals surface area contributed by atoms with E-state index in [1.807, 2.05) is 70.2 Å². The average molecular weight is 518 g/mol. The van der Waals surface area contributed by atoms with Crippen molar-refractivity contribution in [3.05, 3.63) is 59.2 Å². The molecule has 2 aromatic rings. The molecule has 0 radical (unpaired) electrons. The lowest BCUT2D eigenvalue weighted by Gasteiger charge is -2.30. The summed E-state index contributed by atoms with van der Waals surface area (Å²) in [4.78, 5) is 27.6. The zero-order chi connectivity index (χ0) is 27.0. The zero-order valence-corrected chi connectivity index (χ0v) is 23.2. The average Bonchev–Trinajstić information content (AvgIpc) is 2.80. The maximum Gasteiger partial charge on any atom is 0.242 e. The maximum absolute atomic E-state index is 13.3. The Balaban J connectivity index is 2.20. The van der Waals surface area contributed by atoms with Gasteiger partial charge in [0.15, 0.2) is 0 Å². The van der Waals surface area contributed by atoms with Gasteiger partial charge in [-0.05, 0) is 75.9 Å². The van der Waals surface area contributed by atoms with E-state index in [2.05, 4.69) is 5.32 Å². The number of nitrogens with one attached hydrogen (secondary N) is 1.